The van der Waals surface area contributed by atoms with Gasteiger partial charge in [-0.3, -0.25) is 10.1 Å². The maximum absolute atomic E-state index is 11.3. The van der Waals surface area contributed by atoms with Crippen molar-refractivity contribution in [2.24, 2.45) is 0 Å². The summed E-state index contributed by atoms with van der Waals surface area (Å²) < 4.78 is 6.87. The molecule has 1 aromatic carbocycles. The second kappa shape index (κ2) is 5.44. The van der Waals surface area contributed by atoms with Crippen LogP contribution in [0, 0.1) is 10.1 Å². The predicted octanol–water partition coefficient (Wildman–Crippen LogP) is 3.93. The summed E-state index contributed by atoms with van der Waals surface area (Å²) in [6, 6.07) is 4.83. The minimum atomic E-state index is -0.420. The summed E-state index contributed by atoms with van der Waals surface area (Å²) in [5, 5.41) is 14.9. The number of para-hydroxylation sites is 1. The Morgan fingerprint density at radius 1 is 1.52 bits per heavy atom. The Bertz CT molecular complexity index is 814. The largest absolute Gasteiger partial charge is 0.364 e. The zero-order valence-corrected chi connectivity index (χ0v) is 12.5. The molecule has 0 radical (unpaired) electrons. The smallest absolute Gasteiger partial charge is 0.293 e. The van der Waals surface area contributed by atoms with Gasteiger partial charge in [0.15, 0.2) is 0 Å². The van der Waals surface area contributed by atoms with Crippen LogP contribution < -0.4 is 0 Å². The molecule has 3 rings (SSSR count). The maximum atomic E-state index is 11.3. The van der Waals surface area contributed by atoms with Gasteiger partial charge < -0.3 is 9.30 Å². The zero-order chi connectivity index (χ0) is 15.0. The summed E-state index contributed by atoms with van der Waals surface area (Å²) >= 11 is 7.85. The lowest BCUT2D eigenvalue weighted by molar-refractivity contribution is -0.383. The Labute approximate surface area is 128 Å². The van der Waals surface area contributed by atoms with E-state index in [9.17, 15) is 10.1 Å². The highest BCUT2D eigenvalue weighted by molar-refractivity contribution is 7.13. The molecule has 3 aromatic rings. The molecular formula is C13H10ClN3O3S. The number of nitro benzene ring substituents is 1. The van der Waals surface area contributed by atoms with Gasteiger partial charge >= 0.3 is 0 Å². The summed E-state index contributed by atoms with van der Waals surface area (Å²) in [6.45, 7) is 0.156. The zero-order valence-electron chi connectivity index (χ0n) is 10.9. The summed E-state index contributed by atoms with van der Waals surface area (Å²) in [5.74, 6) is 0. The van der Waals surface area contributed by atoms with Gasteiger partial charge in [0.25, 0.3) is 5.69 Å². The number of nitro groups is 1. The Morgan fingerprint density at radius 2 is 2.33 bits per heavy atom. The van der Waals surface area contributed by atoms with Crippen LogP contribution in [0.1, 0.15) is 0 Å². The van der Waals surface area contributed by atoms with Crippen molar-refractivity contribution in [2.75, 3.05) is 7.11 Å². The lowest BCUT2D eigenvalue weighted by Gasteiger charge is -2.07. The number of rotatable bonds is 4. The first-order valence-corrected chi connectivity index (χ1v) is 7.24. The third-order valence-electron chi connectivity index (χ3n) is 3.09. The summed E-state index contributed by atoms with van der Waals surface area (Å²) in [4.78, 5) is 15.1. The van der Waals surface area contributed by atoms with Crippen molar-refractivity contribution in [1.82, 2.24) is 9.55 Å². The molecule has 2 heterocycles. The Morgan fingerprint density at radius 3 is 2.95 bits per heavy atom. The molecule has 0 fully saturated rings. The molecule has 8 heteroatoms. The van der Waals surface area contributed by atoms with E-state index < -0.39 is 4.92 Å². The highest BCUT2D eigenvalue weighted by atomic mass is 35.5. The van der Waals surface area contributed by atoms with E-state index in [-0.39, 0.29) is 12.4 Å². The van der Waals surface area contributed by atoms with Crippen molar-refractivity contribution in [3.8, 4) is 10.7 Å². The van der Waals surface area contributed by atoms with E-state index in [4.69, 9.17) is 16.3 Å². The Kier molecular flexibility index (Phi) is 3.62. The van der Waals surface area contributed by atoms with Crippen LogP contribution in [-0.4, -0.2) is 21.6 Å². The molecule has 0 saturated carbocycles. The molecule has 21 heavy (non-hydrogen) atoms. The lowest BCUT2D eigenvalue weighted by Crippen LogP contribution is -2.03. The second-order valence-corrected chi connectivity index (χ2v) is 5.55. The predicted molar refractivity (Wildman–Crippen MR) is 81.7 cm³/mol. The van der Waals surface area contributed by atoms with Crippen LogP contribution in [0.15, 0.2) is 29.8 Å². The molecule has 108 valence electrons. The van der Waals surface area contributed by atoms with Crippen LogP contribution in [0.2, 0.25) is 5.02 Å². The quantitative estimate of drug-likeness (QED) is 0.538. The molecule has 0 aliphatic rings. The third kappa shape index (κ3) is 2.19. The molecule has 2 aromatic heterocycles. The molecule has 0 spiro atoms. The van der Waals surface area contributed by atoms with Gasteiger partial charge in [-0.25, -0.2) is 4.98 Å². The average molecular weight is 324 g/mol. The fourth-order valence-corrected chi connectivity index (χ4v) is 3.40. The van der Waals surface area contributed by atoms with Gasteiger partial charge in [0.2, 0.25) is 0 Å². The number of hydrogen-bond acceptors (Lipinski definition) is 5. The molecular weight excluding hydrogens is 314 g/mol. The molecule has 0 N–H and O–H groups in total. The van der Waals surface area contributed by atoms with Gasteiger partial charge in [0, 0.05) is 30.1 Å². The van der Waals surface area contributed by atoms with Crippen molar-refractivity contribution in [3.05, 3.63) is 44.9 Å². The number of methoxy groups -OCH3 is 1. The number of aromatic nitrogens is 2. The molecule has 6 nitrogen and oxygen atoms in total. The fourth-order valence-electron chi connectivity index (χ4n) is 2.31. The normalized spacial score (nSPS) is 11.1. The number of halogens is 1. The minimum absolute atomic E-state index is 0.00532. The standard InChI is InChI=1S/C13H10ClN3O3S/c1-20-7-16-11-8(3-2-4-9(11)17(18)19)10(14)12(16)13-15-5-6-21-13/h2-6H,7H2,1H3. The Hall–Kier alpha value is -1.96. The van der Waals surface area contributed by atoms with Crippen LogP contribution in [0.4, 0.5) is 5.69 Å². The van der Waals surface area contributed by atoms with Gasteiger partial charge in [-0.1, -0.05) is 23.7 Å². The van der Waals surface area contributed by atoms with Crippen molar-refractivity contribution in [2.45, 2.75) is 6.73 Å². The molecule has 0 aliphatic carbocycles. The highest BCUT2D eigenvalue weighted by Gasteiger charge is 2.25. The first kappa shape index (κ1) is 14.0. The lowest BCUT2D eigenvalue weighted by atomic mass is 10.2. The van der Waals surface area contributed by atoms with Gasteiger partial charge in [-0.2, -0.15) is 0 Å². The third-order valence-corrected chi connectivity index (χ3v) is 4.25. The number of hydrogen-bond donors (Lipinski definition) is 0. The van der Waals surface area contributed by atoms with Crippen molar-refractivity contribution in [3.63, 3.8) is 0 Å². The van der Waals surface area contributed by atoms with E-state index in [1.807, 2.05) is 5.38 Å². The van der Waals surface area contributed by atoms with E-state index in [2.05, 4.69) is 4.98 Å². The topological polar surface area (TPSA) is 70.2 Å². The van der Waals surface area contributed by atoms with E-state index in [1.54, 1.807) is 22.9 Å². The van der Waals surface area contributed by atoms with Crippen LogP contribution >= 0.6 is 22.9 Å². The van der Waals surface area contributed by atoms with Crippen LogP contribution in [-0.2, 0) is 11.5 Å². The molecule has 0 unspecified atom stereocenters. The Balaban J connectivity index is 2.43. The van der Waals surface area contributed by atoms with Crippen LogP contribution in [0.3, 0.4) is 0 Å². The van der Waals surface area contributed by atoms with Crippen LogP contribution in [0.25, 0.3) is 21.6 Å². The molecule has 0 bridgehead atoms. The molecule has 0 atom stereocenters. The van der Waals surface area contributed by atoms with Gasteiger partial charge in [-0.05, 0) is 0 Å². The van der Waals surface area contributed by atoms with Gasteiger partial charge in [-0.15, -0.1) is 11.3 Å². The fraction of sp³-hybridized carbons (Fsp3) is 0.154. The van der Waals surface area contributed by atoms with Crippen molar-refractivity contribution < 1.29 is 9.66 Å². The monoisotopic (exact) mass is 323 g/mol. The number of nitrogens with zero attached hydrogens (tertiary/aromatic N) is 3. The SMILES string of the molecule is COCn1c(-c2nccs2)c(Cl)c2cccc([N+](=O)[O-])c21. The van der Waals surface area contributed by atoms with E-state index in [0.29, 0.717) is 26.6 Å². The summed E-state index contributed by atoms with van der Waals surface area (Å²) in [5.41, 5.74) is 1.08. The van der Waals surface area contributed by atoms with Crippen LogP contribution in [0.5, 0.6) is 0 Å². The molecule has 0 amide bonds. The van der Waals surface area contributed by atoms with Gasteiger partial charge in [0.1, 0.15) is 17.3 Å². The van der Waals surface area contributed by atoms with E-state index in [1.165, 1.54) is 24.5 Å². The number of non-ortho nitro benzene ring substituents is 1. The number of benzene rings is 1. The molecule has 0 aliphatic heterocycles. The minimum Gasteiger partial charge on any atom is -0.364 e. The summed E-state index contributed by atoms with van der Waals surface area (Å²) in [6.07, 6.45) is 1.67. The van der Waals surface area contributed by atoms with Crippen molar-refractivity contribution >= 4 is 39.5 Å². The first-order valence-electron chi connectivity index (χ1n) is 5.99. The average Bonchev–Trinajstić information content (AvgIpc) is 3.07. The van der Waals surface area contributed by atoms with E-state index in [0.717, 1.165) is 0 Å². The van der Waals surface area contributed by atoms with Crippen molar-refractivity contribution in [1.29, 1.82) is 0 Å². The number of thiazole rings is 1. The maximum Gasteiger partial charge on any atom is 0.293 e. The summed E-state index contributed by atoms with van der Waals surface area (Å²) in [7, 11) is 1.53. The van der Waals surface area contributed by atoms with E-state index >= 15 is 0 Å². The number of fused-ring (bicyclic) bond motifs is 1. The number of ether oxygens (including phenoxy) is 1. The highest BCUT2D eigenvalue weighted by Crippen LogP contribution is 2.41. The molecule has 0 saturated heterocycles. The van der Waals surface area contributed by atoms with Gasteiger partial charge in [0.05, 0.1) is 15.6 Å². The second-order valence-electron chi connectivity index (χ2n) is 4.28. The first-order chi connectivity index (χ1) is 10.1.